The molecule has 1 aliphatic rings. The van der Waals surface area contributed by atoms with Gasteiger partial charge in [0.05, 0.1) is 23.3 Å². The lowest BCUT2D eigenvalue weighted by Gasteiger charge is -2.34. The van der Waals surface area contributed by atoms with Gasteiger partial charge < -0.3 is 20.3 Å². The summed E-state index contributed by atoms with van der Waals surface area (Å²) in [4.78, 5) is 36.6. The van der Waals surface area contributed by atoms with Crippen molar-refractivity contribution in [2.45, 2.75) is 18.9 Å². The van der Waals surface area contributed by atoms with Gasteiger partial charge >= 0.3 is 12.0 Å². The number of piperidine rings is 1. The van der Waals surface area contributed by atoms with E-state index < -0.39 is 10.9 Å². The highest BCUT2D eigenvalue weighted by Crippen LogP contribution is 2.28. The van der Waals surface area contributed by atoms with Crippen LogP contribution in [0.1, 0.15) is 23.2 Å². The number of halogens is 1. The second-order valence-corrected chi connectivity index (χ2v) is 6.82. The third-order valence-electron chi connectivity index (χ3n) is 4.87. The Morgan fingerprint density at radius 3 is 2.43 bits per heavy atom. The lowest BCUT2D eigenvalue weighted by molar-refractivity contribution is -0.384. The van der Waals surface area contributed by atoms with Crippen molar-refractivity contribution < 1.29 is 23.6 Å². The molecule has 0 aromatic heterocycles. The molecule has 9 nitrogen and oxygen atoms in total. The number of rotatable bonds is 5. The molecule has 2 amide bonds. The van der Waals surface area contributed by atoms with Gasteiger partial charge in [-0.15, -0.1) is 0 Å². The molecule has 2 aromatic carbocycles. The Labute approximate surface area is 172 Å². The number of nitrogens with zero attached hydrogens (tertiary/aromatic N) is 2. The van der Waals surface area contributed by atoms with Crippen LogP contribution < -0.4 is 15.5 Å². The number of anilines is 2. The van der Waals surface area contributed by atoms with Gasteiger partial charge in [0.2, 0.25) is 0 Å². The summed E-state index contributed by atoms with van der Waals surface area (Å²) in [5.41, 5.74) is 0.988. The first kappa shape index (κ1) is 21.0. The third kappa shape index (κ3) is 5.02. The predicted molar refractivity (Wildman–Crippen MR) is 108 cm³/mol. The zero-order valence-electron chi connectivity index (χ0n) is 16.3. The minimum absolute atomic E-state index is 0.0821. The van der Waals surface area contributed by atoms with Gasteiger partial charge in [-0.2, -0.15) is 0 Å². The van der Waals surface area contributed by atoms with E-state index in [1.807, 2.05) is 4.90 Å². The highest BCUT2D eigenvalue weighted by molar-refractivity contribution is 5.96. The van der Waals surface area contributed by atoms with E-state index in [1.165, 1.54) is 43.5 Å². The number of nitro groups is 1. The van der Waals surface area contributed by atoms with Crippen LogP contribution >= 0.6 is 0 Å². The first-order valence-corrected chi connectivity index (χ1v) is 9.32. The van der Waals surface area contributed by atoms with Crippen molar-refractivity contribution >= 4 is 29.1 Å². The van der Waals surface area contributed by atoms with E-state index in [2.05, 4.69) is 10.6 Å². The summed E-state index contributed by atoms with van der Waals surface area (Å²) >= 11 is 0. The first-order chi connectivity index (χ1) is 14.4. The quantitative estimate of drug-likeness (QED) is 0.439. The van der Waals surface area contributed by atoms with Crippen LogP contribution in [-0.2, 0) is 4.74 Å². The van der Waals surface area contributed by atoms with Gasteiger partial charge in [-0.1, -0.05) is 0 Å². The van der Waals surface area contributed by atoms with Crippen LogP contribution in [0.2, 0.25) is 0 Å². The number of hydrogen-bond acceptors (Lipinski definition) is 6. The summed E-state index contributed by atoms with van der Waals surface area (Å²) in [5.74, 6) is -1.03. The molecule has 0 aliphatic carbocycles. The molecule has 0 bridgehead atoms. The largest absolute Gasteiger partial charge is 0.465 e. The van der Waals surface area contributed by atoms with Crippen LogP contribution in [0.5, 0.6) is 0 Å². The van der Waals surface area contributed by atoms with Crippen LogP contribution in [0.4, 0.5) is 26.2 Å². The molecule has 0 atom stereocenters. The Bertz CT molecular complexity index is 943. The van der Waals surface area contributed by atoms with Gasteiger partial charge in [-0.3, -0.25) is 10.1 Å². The normalized spacial score (nSPS) is 14.1. The van der Waals surface area contributed by atoms with Crippen molar-refractivity contribution in [2.24, 2.45) is 0 Å². The molecule has 3 rings (SSSR count). The van der Waals surface area contributed by atoms with Gasteiger partial charge in [-0.05, 0) is 43.2 Å². The van der Waals surface area contributed by atoms with Gasteiger partial charge in [0.25, 0.3) is 5.69 Å². The number of carbonyl (C=O) groups excluding carboxylic acids is 2. The molecule has 10 heteroatoms. The summed E-state index contributed by atoms with van der Waals surface area (Å²) in [6.45, 7) is 1.09. The zero-order chi connectivity index (χ0) is 21.7. The second-order valence-electron chi connectivity index (χ2n) is 6.82. The first-order valence-electron chi connectivity index (χ1n) is 9.32. The smallest absolute Gasteiger partial charge is 0.340 e. The number of urea groups is 1. The molecule has 0 spiro atoms. The molecule has 1 saturated heterocycles. The van der Waals surface area contributed by atoms with Gasteiger partial charge in [0, 0.05) is 37.0 Å². The maximum Gasteiger partial charge on any atom is 0.340 e. The molecule has 1 aliphatic heterocycles. The monoisotopic (exact) mass is 416 g/mol. The minimum Gasteiger partial charge on any atom is -0.465 e. The van der Waals surface area contributed by atoms with Gasteiger partial charge in [0.1, 0.15) is 5.82 Å². The summed E-state index contributed by atoms with van der Waals surface area (Å²) < 4.78 is 17.7. The predicted octanol–water partition coefficient (Wildman–Crippen LogP) is 3.31. The standard InChI is InChI=1S/C20H21FN4O5/c1-30-19(26)17-12-16(25(28)29)6-7-18(17)24-10-8-15(9-11-24)23-20(27)22-14-4-2-13(21)3-5-14/h2-7,12,15H,8-11H2,1H3,(H2,22,23,27). The molecular weight excluding hydrogens is 395 g/mol. The zero-order valence-corrected chi connectivity index (χ0v) is 16.3. The maximum absolute atomic E-state index is 12.9. The Balaban J connectivity index is 1.61. The van der Waals surface area contributed by atoms with Crippen LogP contribution in [0, 0.1) is 15.9 Å². The number of nitrogens with one attached hydrogen (secondary N) is 2. The molecule has 2 aromatic rings. The second kappa shape index (κ2) is 9.21. The van der Waals surface area contributed by atoms with E-state index in [1.54, 1.807) is 6.07 Å². The van der Waals surface area contributed by atoms with E-state index >= 15 is 0 Å². The lowest BCUT2D eigenvalue weighted by atomic mass is 10.0. The summed E-state index contributed by atoms with van der Waals surface area (Å²) in [6, 6.07) is 9.10. The van der Waals surface area contributed by atoms with E-state index in [0.717, 1.165) is 0 Å². The number of methoxy groups -OCH3 is 1. The molecule has 0 unspecified atom stereocenters. The average Bonchev–Trinajstić information content (AvgIpc) is 2.75. The number of benzene rings is 2. The van der Waals surface area contributed by atoms with Gasteiger partial charge in [0.15, 0.2) is 0 Å². The Morgan fingerprint density at radius 1 is 1.17 bits per heavy atom. The Kier molecular flexibility index (Phi) is 6.45. The fourth-order valence-electron chi connectivity index (χ4n) is 3.34. The molecular formula is C20H21FN4O5. The van der Waals surface area contributed by atoms with Crippen LogP contribution in [-0.4, -0.2) is 43.2 Å². The Morgan fingerprint density at radius 2 is 1.83 bits per heavy atom. The number of hydrogen-bond donors (Lipinski definition) is 2. The minimum atomic E-state index is -0.646. The number of nitro benzene ring substituents is 1. The van der Waals surface area contributed by atoms with Crippen molar-refractivity contribution in [1.82, 2.24) is 5.32 Å². The lowest BCUT2D eigenvalue weighted by Crippen LogP contribution is -2.46. The van der Waals surface area contributed by atoms with Crippen molar-refractivity contribution in [3.05, 3.63) is 64.0 Å². The summed E-state index contributed by atoms with van der Waals surface area (Å²) in [5, 5.41) is 16.5. The van der Waals surface area contributed by atoms with Crippen LogP contribution in [0.15, 0.2) is 42.5 Å². The Hall–Kier alpha value is -3.69. The average molecular weight is 416 g/mol. The SMILES string of the molecule is COC(=O)c1cc([N+](=O)[O-])ccc1N1CCC(NC(=O)Nc2ccc(F)cc2)CC1. The van der Waals surface area contributed by atoms with Crippen molar-refractivity contribution in [3.8, 4) is 0 Å². The molecule has 158 valence electrons. The van der Waals surface area contributed by atoms with Gasteiger partial charge in [-0.25, -0.2) is 14.0 Å². The molecule has 30 heavy (non-hydrogen) atoms. The molecule has 2 N–H and O–H groups in total. The van der Waals surface area contributed by atoms with Crippen molar-refractivity contribution in [3.63, 3.8) is 0 Å². The molecule has 1 fully saturated rings. The molecule has 1 heterocycles. The van der Waals surface area contributed by atoms with E-state index in [4.69, 9.17) is 4.74 Å². The number of esters is 1. The number of carbonyl (C=O) groups is 2. The highest BCUT2D eigenvalue weighted by Gasteiger charge is 2.26. The van der Waals surface area contributed by atoms with E-state index in [0.29, 0.717) is 37.3 Å². The van der Waals surface area contributed by atoms with E-state index in [-0.39, 0.29) is 29.1 Å². The van der Waals surface area contributed by atoms with Crippen LogP contribution in [0.25, 0.3) is 0 Å². The van der Waals surface area contributed by atoms with E-state index in [9.17, 15) is 24.1 Å². The topological polar surface area (TPSA) is 114 Å². The van der Waals surface area contributed by atoms with Crippen molar-refractivity contribution in [2.75, 3.05) is 30.4 Å². The number of amides is 2. The van der Waals surface area contributed by atoms with Crippen molar-refractivity contribution in [1.29, 1.82) is 0 Å². The fraction of sp³-hybridized carbons (Fsp3) is 0.300. The number of ether oxygens (including phenoxy) is 1. The maximum atomic E-state index is 12.9. The highest BCUT2D eigenvalue weighted by atomic mass is 19.1. The fourth-order valence-corrected chi connectivity index (χ4v) is 3.34. The third-order valence-corrected chi connectivity index (χ3v) is 4.87. The number of non-ortho nitro benzene ring substituents is 1. The van der Waals surface area contributed by atoms with Crippen LogP contribution in [0.3, 0.4) is 0 Å². The molecule has 0 saturated carbocycles. The summed E-state index contributed by atoms with van der Waals surface area (Å²) in [6.07, 6.45) is 1.24. The summed E-state index contributed by atoms with van der Waals surface area (Å²) in [7, 11) is 1.22. The molecule has 0 radical (unpaired) electrons.